The second kappa shape index (κ2) is 7.70. The summed E-state index contributed by atoms with van der Waals surface area (Å²) in [5.74, 6) is 0.777. The van der Waals surface area contributed by atoms with E-state index in [4.69, 9.17) is 4.74 Å². The number of pyridine rings is 1. The van der Waals surface area contributed by atoms with Gasteiger partial charge in [0.25, 0.3) is 5.91 Å². The smallest absolute Gasteiger partial charge is 0.254 e. The average Bonchev–Trinajstić information content (AvgIpc) is 3.40. The predicted molar refractivity (Wildman–Crippen MR) is 102 cm³/mol. The number of ether oxygens (including phenoxy) is 1. The third-order valence-electron chi connectivity index (χ3n) is 4.36. The van der Waals surface area contributed by atoms with Gasteiger partial charge in [0, 0.05) is 34.4 Å². The lowest BCUT2D eigenvalue weighted by Crippen LogP contribution is -2.32. The quantitative estimate of drug-likeness (QED) is 0.619. The molecule has 4 rings (SSSR count). The molecule has 2 heterocycles. The van der Waals surface area contributed by atoms with Gasteiger partial charge in [0.2, 0.25) is 0 Å². The van der Waals surface area contributed by atoms with Gasteiger partial charge in [-0.1, -0.05) is 18.2 Å². The number of carbonyl (C=O) groups is 1. The van der Waals surface area contributed by atoms with Crippen LogP contribution in [0.5, 0.6) is 5.75 Å². The summed E-state index contributed by atoms with van der Waals surface area (Å²) in [6, 6.07) is 15.8. The van der Waals surface area contributed by atoms with Crippen LogP contribution >= 0.6 is 11.3 Å². The number of nitrogens with zero attached hydrogens (tertiary/aromatic N) is 2. The first kappa shape index (κ1) is 16.8. The van der Waals surface area contributed by atoms with Crippen LogP contribution in [0.1, 0.15) is 33.6 Å². The lowest BCUT2D eigenvalue weighted by molar-refractivity contribution is 0.0731. The van der Waals surface area contributed by atoms with Crippen molar-refractivity contribution in [2.75, 3.05) is 0 Å². The molecule has 1 amide bonds. The standard InChI is InChI=1S/C21H20N2O2S/c24-21(23(18-8-9-18)14-20-7-3-11-26-20)17-5-1-6-19(12-17)25-15-16-4-2-10-22-13-16/h1-7,10-13,18H,8-9,14-15H2. The van der Waals surface area contributed by atoms with Crippen molar-refractivity contribution in [3.8, 4) is 5.75 Å². The Bertz CT molecular complexity index is 861. The van der Waals surface area contributed by atoms with Crippen LogP contribution in [-0.2, 0) is 13.2 Å². The first-order valence-corrected chi connectivity index (χ1v) is 9.63. The number of aromatic nitrogens is 1. The summed E-state index contributed by atoms with van der Waals surface area (Å²) in [7, 11) is 0. The molecule has 1 aliphatic rings. The zero-order valence-electron chi connectivity index (χ0n) is 14.4. The number of rotatable bonds is 7. The Hall–Kier alpha value is -2.66. The first-order chi connectivity index (χ1) is 12.8. The van der Waals surface area contributed by atoms with Crippen molar-refractivity contribution in [3.63, 3.8) is 0 Å². The van der Waals surface area contributed by atoms with Crippen molar-refractivity contribution >= 4 is 17.2 Å². The molecule has 2 aromatic heterocycles. The van der Waals surface area contributed by atoms with Crippen LogP contribution in [-0.4, -0.2) is 21.8 Å². The van der Waals surface area contributed by atoms with Gasteiger partial charge < -0.3 is 9.64 Å². The van der Waals surface area contributed by atoms with Crippen molar-refractivity contribution in [1.82, 2.24) is 9.88 Å². The third-order valence-corrected chi connectivity index (χ3v) is 5.23. The average molecular weight is 364 g/mol. The highest BCUT2D eigenvalue weighted by Gasteiger charge is 2.33. The SMILES string of the molecule is O=C(c1cccc(OCc2cccnc2)c1)N(Cc1cccs1)C1CC1. The number of hydrogen-bond acceptors (Lipinski definition) is 4. The Kier molecular flexibility index (Phi) is 4.97. The van der Waals surface area contributed by atoms with Crippen LogP contribution in [0.2, 0.25) is 0 Å². The minimum absolute atomic E-state index is 0.0766. The zero-order valence-corrected chi connectivity index (χ0v) is 15.2. The summed E-state index contributed by atoms with van der Waals surface area (Å²) < 4.78 is 5.84. The highest BCUT2D eigenvalue weighted by Crippen LogP contribution is 2.31. The molecule has 26 heavy (non-hydrogen) atoms. The molecule has 5 heteroatoms. The zero-order chi connectivity index (χ0) is 17.8. The van der Waals surface area contributed by atoms with Gasteiger partial charge in [0.05, 0.1) is 6.54 Å². The summed E-state index contributed by atoms with van der Waals surface area (Å²) in [6.45, 7) is 1.12. The van der Waals surface area contributed by atoms with Gasteiger partial charge in [-0.2, -0.15) is 0 Å². The molecule has 0 unspecified atom stereocenters. The highest BCUT2D eigenvalue weighted by atomic mass is 32.1. The first-order valence-electron chi connectivity index (χ1n) is 8.75. The van der Waals surface area contributed by atoms with Crippen molar-refractivity contribution in [2.24, 2.45) is 0 Å². The summed E-state index contributed by atoms with van der Waals surface area (Å²) in [5, 5.41) is 2.05. The summed E-state index contributed by atoms with van der Waals surface area (Å²) in [6.07, 6.45) is 5.70. The van der Waals surface area contributed by atoms with Crippen LogP contribution < -0.4 is 4.74 Å². The summed E-state index contributed by atoms with van der Waals surface area (Å²) in [4.78, 5) is 20.3. The Balaban J connectivity index is 1.46. The Morgan fingerprint density at radius 2 is 2.12 bits per heavy atom. The van der Waals surface area contributed by atoms with E-state index in [-0.39, 0.29) is 5.91 Å². The normalized spacial score (nSPS) is 13.4. The summed E-state index contributed by atoms with van der Waals surface area (Å²) >= 11 is 1.69. The molecular weight excluding hydrogens is 344 g/mol. The van der Waals surface area contributed by atoms with Gasteiger partial charge in [-0.15, -0.1) is 11.3 Å². The number of carbonyl (C=O) groups excluding carboxylic acids is 1. The second-order valence-electron chi connectivity index (χ2n) is 6.42. The molecule has 132 valence electrons. The van der Waals surface area contributed by atoms with E-state index < -0.39 is 0 Å². The molecular formula is C21H20N2O2S. The van der Waals surface area contributed by atoms with Crippen LogP contribution in [0, 0.1) is 0 Å². The van der Waals surface area contributed by atoms with E-state index in [0.29, 0.717) is 30.5 Å². The largest absolute Gasteiger partial charge is 0.489 e. The number of benzene rings is 1. The van der Waals surface area contributed by atoms with E-state index in [9.17, 15) is 4.79 Å². The topological polar surface area (TPSA) is 42.4 Å². The Morgan fingerprint density at radius 1 is 1.19 bits per heavy atom. The lowest BCUT2D eigenvalue weighted by Gasteiger charge is -2.22. The summed E-state index contributed by atoms with van der Waals surface area (Å²) in [5.41, 5.74) is 1.68. The molecule has 0 aliphatic heterocycles. The van der Waals surface area contributed by atoms with Gasteiger partial charge in [-0.05, 0) is 48.6 Å². The van der Waals surface area contributed by atoms with E-state index in [1.807, 2.05) is 47.4 Å². The fourth-order valence-corrected chi connectivity index (χ4v) is 3.56. The van der Waals surface area contributed by atoms with Crippen molar-refractivity contribution in [3.05, 3.63) is 82.3 Å². The predicted octanol–water partition coefficient (Wildman–Crippen LogP) is 4.53. The minimum atomic E-state index is 0.0766. The molecule has 0 atom stereocenters. The molecule has 0 spiro atoms. The van der Waals surface area contributed by atoms with Gasteiger partial charge in [-0.25, -0.2) is 0 Å². The van der Waals surface area contributed by atoms with Crippen LogP contribution in [0.4, 0.5) is 0 Å². The van der Waals surface area contributed by atoms with Gasteiger partial charge in [-0.3, -0.25) is 9.78 Å². The Morgan fingerprint density at radius 3 is 2.85 bits per heavy atom. The maximum atomic E-state index is 13.0. The maximum absolute atomic E-state index is 13.0. The molecule has 0 N–H and O–H groups in total. The molecule has 4 nitrogen and oxygen atoms in total. The van der Waals surface area contributed by atoms with Crippen molar-refractivity contribution in [2.45, 2.75) is 32.0 Å². The molecule has 1 aromatic carbocycles. The fraction of sp³-hybridized carbons (Fsp3) is 0.238. The molecule has 1 saturated carbocycles. The number of hydrogen-bond donors (Lipinski definition) is 0. The third kappa shape index (κ3) is 4.11. The highest BCUT2D eigenvalue weighted by molar-refractivity contribution is 7.09. The van der Waals surface area contributed by atoms with Crippen LogP contribution in [0.15, 0.2) is 66.3 Å². The van der Waals surface area contributed by atoms with Gasteiger partial charge >= 0.3 is 0 Å². The second-order valence-corrected chi connectivity index (χ2v) is 7.45. The molecule has 0 radical (unpaired) electrons. The maximum Gasteiger partial charge on any atom is 0.254 e. The molecule has 0 bridgehead atoms. The molecule has 1 aliphatic carbocycles. The van der Waals surface area contributed by atoms with Crippen LogP contribution in [0.3, 0.4) is 0 Å². The van der Waals surface area contributed by atoms with Crippen molar-refractivity contribution in [1.29, 1.82) is 0 Å². The minimum Gasteiger partial charge on any atom is -0.489 e. The van der Waals surface area contributed by atoms with Crippen molar-refractivity contribution < 1.29 is 9.53 Å². The monoisotopic (exact) mass is 364 g/mol. The number of thiophene rings is 1. The molecule has 3 aromatic rings. The fourth-order valence-electron chi connectivity index (χ4n) is 2.86. The molecule has 1 fully saturated rings. The van der Waals surface area contributed by atoms with E-state index >= 15 is 0 Å². The number of amides is 1. The van der Waals surface area contributed by atoms with E-state index in [2.05, 4.69) is 16.4 Å². The lowest BCUT2D eigenvalue weighted by atomic mass is 10.1. The van der Waals surface area contributed by atoms with Crippen LogP contribution in [0.25, 0.3) is 0 Å². The van der Waals surface area contributed by atoms with E-state index in [0.717, 1.165) is 18.4 Å². The van der Waals surface area contributed by atoms with E-state index in [1.165, 1.54) is 4.88 Å². The van der Waals surface area contributed by atoms with E-state index in [1.54, 1.807) is 23.7 Å². The van der Waals surface area contributed by atoms with Gasteiger partial charge in [0.15, 0.2) is 0 Å². The molecule has 0 saturated heterocycles. The Labute approximate surface area is 157 Å². The van der Waals surface area contributed by atoms with Gasteiger partial charge in [0.1, 0.15) is 12.4 Å².